The molecule has 0 aromatic heterocycles. The van der Waals surface area contributed by atoms with Gasteiger partial charge in [-0.2, -0.15) is 0 Å². The van der Waals surface area contributed by atoms with Crippen molar-refractivity contribution in [1.82, 2.24) is 0 Å². The predicted molar refractivity (Wildman–Crippen MR) is 132 cm³/mol. The largest absolute Gasteiger partial charge is 0.503 e. The second kappa shape index (κ2) is 24.5. The lowest BCUT2D eigenvalue weighted by molar-refractivity contribution is -0.870. The molecular weight excluding hydrogens is 374 g/mol. The average Bonchev–Trinajstić information content (AvgIpc) is 2.65. The Bertz CT molecular complexity index is 336. The number of carboxylic acid groups (broad SMARTS) is 2. The zero-order chi connectivity index (χ0) is 22.9. The van der Waals surface area contributed by atoms with Crippen molar-refractivity contribution < 1.29 is 19.5 Å². The van der Waals surface area contributed by atoms with Crippen LogP contribution >= 0.6 is 0 Å². The Labute approximate surface area is 189 Å². The fourth-order valence-electron chi connectivity index (χ4n) is 3.84. The molecular formula is C26H56NO3+. The molecule has 0 aliphatic carbocycles. The van der Waals surface area contributed by atoms with E-state index in [4.69, 9.17) is 15.0 Å². The van der Waals surface area contributed by atoms with Crippen LogP contribution in [0.2, 0.25) is 0 Å². The van der Waals surface area contributed by atoms with Gasteiger partial charge in [0.25, 0.3) is 0 Å². The second-order valence-corrected chi connectivity index (χ2v) is 10.0. The summed E-state index contributed by atoms with van der Waals surface area (Å²) in [5, 5.41) is 13.9. The van der Waals surface area contributed by atoms with Gasteiger partial charge in [-0.05, 0) is 12.8 Å². The van der Waals surface area contributed by atoms with Crippen molar-refractivity contribution in [3.05, 3.63) is 0 Å². The number of nitrogens with zero attached hydrogens (tertiary/aromatic N) is 1. The van der Waals surface area contributed by atoms with Gasteiger partial charge in [-0.15, -0.1) is 0 Å². The van der Waals surface area contributed by atoms with E-state index >= 15 is 0 Å². The summed E-state index contributed by atoms with van der Waals surface area (Å²) in [7, 11) is 6.90. The summed E-state index contributed by atoms with van der Waals surface area (Å²) < 4.78 is 1.12. The molecule has 0 saturated carbocycles. The third kappa shape index (κ3) is 37.9. The molecule has 30 heavy (non-hydrogen) atoms. The lowest BCUT2D eigenvalue weighted by Gasteiger charge is -2.23. The Hall–Kier alpha value is -0.770. The maximum absolute atomic E-state index is 8.56. The van der Waals surface area contributed by atoms with Gasteiger partial charge in [0.15, 0.2) is 0 Å². The first-order valence-electron chi connectivity index (χ1n) is 13.0. The summed E-state index contributed by atoms with van der Waals surface area (Å²) in [6.07, 6.45) is 27.5. The number of carbonyl (C=O) groups is 1. The van der Waals surface area contributed by atoms with Crippen LogP contribution in [0.25, 0.3) is 0 Å². The van der Waals surface area contributed by atoms with E-state index in [0.717, 1.165) is 4.48 Å². The van der Waals surface area contributed by atoms with Crippen LogP contribution < -0.4 is 0 Å². The van der Waals surface area contributed by atoms with Gasteiger partial charge in [0, 0.05) is 0 Å². The summed E-state index contributed by atoms with van der Waals surface area (Å²) in [6.45, 7) is 3.63. The summed E-state index contributed by atoms with van der Waals surface area (Å²) in [6, 6.07) is 0. The summed E-state index contributed by atoms with van der Waals surface area (Å²) in [5.74, 6) is 0. The molecule has 0 bridgehead atoms. The van der Waals surface area contributed by atoms with Crippen molar-refractivity contribution in [3.8, 4) is 0 Å². The van der Waals surface area contributed by atoms with Crippen molar-refractivity contribution >= 4 is 6.16 Å². The van der Waals surface area contributed by atoms with Crippen molar-refractivity contribution in [1.29, 1.82) is 0 Å². The van der Waals surface area contributed by atoms with E-state index in [0.29, 0.717) is 0 Å². The topological polar surface area (TPSA) is 57.5 Å². The summed E-state index contributed by atoms with van der Waals surface area (Å²) in [5.41, 5.74) is 0. The number of unbranched alkanes of at least 4 members (excludes halogenated alkanes) is 19. The van der Waals surface area contributed by atoms with Gasteiger partial charge < -0.3 is 14.7 Å². The second-order valence-electron chi connectivity index (χ2n) is 10.0. The Kier molecular flexibility index (Phi) is 25.7. The number of quaternary nitrogens is 1. The first kappa shape index (κ1) is 31.4. The van der Waals surface area contributed by atoms with E-state index in [-0.39, 0.29) is 0 Å². The van der Waals surface area contributed by atoms with Gasteiger partial charge in [0.2, 0.25) is 0 Å². The van der Waals surface area contributed by atoms with Crippen LogP contribution in [-0.4, -0.2) is 48.5 Å². The number of rotatable bonds is 21. The monoisotopic (exact) mass is 430 g/mol. The van der Waals surface area contributed by atoms with Gasteiger partial charge in [-0.25, -0.2) is 4.79 Å². The summed E-state index contributed by atoms with van der Waals surface area (Å²) >= 11 is 0. The van der Waals surface area contributed by atoms with E-state index in [1.54, 1.807) is 0 Å². The molecule has 0 radical (unpaired) electrons. The maximum atomic E-state index is 8.56. The Morgan fingerprint density at radius 3 is 0.900 bits per heavy atom. The molecule has 0 aromatic rings. The first-order chi connectivity index (χ1) is 14.3. The zero-order valence-corrected chi connectivity index (χ0v) is 21.1. The first-order valence-corrected chi connectivity index (χ1v) is 13.0. The van der Waals surface area contributed by atoms with Gasteiger partial charge in [-0.3, -0.25) is 0 Å². The zero-order valence-electron chi connectivity index (χ0n) is 21.1. The third-order valence-corrected chi connectivity index (χ3v) is 5.68. The molecule has 182 valence electrons. The maximum Gasteiger partial charge on any atom is 0.503 e. The van der Waals surface area contributed by atoms with Crippen molar-refractivity contribution in [2.45, 2.75) is 135 Å². The van der Waals surface area contributed by atoms with Crippen LogP contribution in [-0.2, 0) is 0 Å². The van der Waals surface area contributed by atoms with Crippen LogP contribution in [0.1, 0.15) is 135 Å². The van der Waals surface area contributed by atoms with Crippen LogP contribution in [0.4, 0.5) is 4.79 Å². The van der Waals surface area contributed by atoms with Crippen LogP contribution in [0.5, 0.6) is 0 Å². The lowest BCUT2D eigenvalue weighted by Crippen LogP contribution is -2.35. The van der Waals surface area contributed by atoms with E-state index in [2.05, 4.69) is 28.1 Å². The molecule has 0 heterocycles. The Morgan fingerprint density at radius 1 is 0.500 bits per heavy atom. The van der Waals surface area contributed by atoms with Crippen molar-refractivity contribution in [3.63, 3.8) is 0 Å². The van der Waals surface area contributed by atoms with Crippen LogP contribution in [0, 0.1) is 0 Å². The molecule has 0 aliphatic rings. The molecule has 0 spiro atoms. The van der Waals surface area contributed by atoms with E-state index < -0.39 is 6.16 Å². The molecule has 2 N–H and O–H groups in total. The van der Waals surface area contributed by atoms with E-state index in [1.807, 2.05) is 0 Å². The van der Waals surface area contributed by atoms with Crippen molar-refractivity contribution in [2.75, 3.05) is 27.7 Å². The highest BCUT2D eigenvalue weighted by molar-refractivity contribution is 5.53. The standard InChI is InChI=1S/C25H54N.CH2O3/c1-5-6-7-8-9-10-11-12-13-14-15-16-17-18-19-20-21-22-23-24-25-26(2,3)4;2-1(3)4/h5-25H2,1-4H3;(H2,2,3,4)/q+1;. The minimum atomic E-state index is -1.83. The minimum Gasteiger partial charge on any atom is -0.450 e. The van der Waals surface area contributed by atoms with Gasteiger partial charge >= 0.3 is 6.16 Å². The average molecular weight is 431 g/mol. The van der Waals surface area contributed by atoms with E-state index in [9.17, 15) is 0 Å². The molecule has 4 heteroatoms. The Morgan fingerprint density at radius 2 is 0.700 bits per heavy atom. The molecule has 0 saturated heterocycles. The fraction of sp³-hybridized carbons (Fsp3) is 0.962. The van der Waals surface area contributed by atoms with Crippen molar-refractivity contribution in [2.24, 2.45) is 0 Å². The highest BCUT2D eigenvalue weighted by Crippen LogP contribution is 2.14. The molecule has 0 rings (SSSR count). The highest BCUT2D eigenvalue weighted by Gasteiger charge is 2.04. The number of hydrogen-bond acceptors (Lipinski definition) is 1. The summed E-state index contributed by atoms with van der Waals surface area (Å²) in [4.78, 5) is 8.56. The highest BCUT2D eigenvalue weighted by atomic mass is 16.6. The molecule has 0 unspecified atom stereocenters. The molecule has 0 amide bonds. The van der Waals surface area contributed by atoms with E-state index in [1.165, 1.54) is 135 Å². The molecule has 4 nitrogen and oxygen atoms in total. The predicted octanol–water partition coefficient (Wildman–Crippen LogP) is 8.74. The van der Waals surface area contributed by atoms with Crippen LogP contribution in [0.15, 0.2) is 0 Å². The quantitative estimate of drug-likeness (QED) is 0.141. The minimum absolute atomic E-state index is 1.12. The fourth-order valence-corrected chi connectivity index (χ4v) is 3.84. The molecule has 0 aromatic carbocycles. The Balaban J connectivity index is 0. The smallest absolute Gasteiger partial charge is 0.450 e. The number of hydrogen-bond donors (Lipinski definition) is 2. The normalized spacial score (nSPS) is 11.2. The van der Waals surface area contributed by atoms with Gasteiger partial charge in [0.05, 0.1) is 27.7 Å². The molecule has 0 fully saturated rings. The lowest BCUT2D eigenvalue weighted by atomic mass is 10.0. The molecule has 0 aliphatic heterocycles. The van der Waals surface area contributed by atoms with Gasteiger partial charge in [-0.1, -0.05) is 122 Å². The molecule has 0 atom stereocenters. The third-order valence-electron chi connectivity index (χ3n) is 5.68. The SMILES string of the molecule is CCCCCCCCCCCCCCCCCCCCCC[N+](C)(C)C.O=C(O)O. The van der Waals surface area contributed by atoms with Crippen LogP contribution in [0.3, 0.4) is 0 Å². The van der Waals surface area contributed by atoms with Gasteiger partial charge in [0.1, 0.15) is 0 Å².